The summed E-state index contributed by atoms with van der Waals surface area (Å²) in [6.45, 7) is 1.78. The van der Waals surface area contributed by atoms with Crippen LogP contribution in [0.2, 0.25) is 0 Å². The molecule has 0 bridgehead atoms. The zero-order chi connectivity index (χ0) is 17.5. The molecule has 25 heavy (non-hydrogen) atoms. The summed E-state index contributed by atoms with van der Waals surface area (Å²) >= 11 is 1.45. The van der Waals surface area contributed by atoms with Crippen molar-refractivity contribution in [2.24, 2.45) is 0 Å². The summed E-state index contributed by atoms with van der Waals surface area (Å²) in [6.07, 6.45) is 4.70. The predicted octanol–water partition coefficient (Wildman–Crippen LogP) is 3.65. The van der Waals surface area contributed by atoms with Gasteiger partial charge in [-0.1, -0.05) is 24.6 Å². The second-order valence-corrected chi connectivity index (χ2v) is 7.06. The molecule has 0 unspecified atom stereocenters. The SMILES string of the molecule is COc1ccc(-c2ccc(SCC(=O)N3CCCCCC3)nn2)cc1. The Morgan fingerprint density at radius 1 is 1.04 bits per heavy atom. The maximum Gasteiger partial charge on any atom is 0.232 e. The molecule has 1 fully saturated rings. The second-order valence-electron chi connectivity index (χ2n) is 6.07. The third-order valence-corrected chi connectivity index (χ3v) is 5.23. The molecule has 0 N–H and O–H groups in total. The van der Waals surface area contributed by atoms with Gasteiger partial charge in [-0.25, -0.2) is 0 Å². The van der Waals surface area contributed by atoms with Crippen molar-refractivity contribution in [3.63, 3.8) is 0 Å². The monoisotopic (exact) mass is 357 g/mol. The number of benzene rings is 1. The standard InChI is InChI=1S/C19H23N3O2S/c1-24-16-8-6-15(7-9-16)17-10-11-18(21-20-17)25-14-19(23)22-12-4-2-3-5-13-22/h6-11H,2-5,12-14H2,1H3. The zero-order valence-electron chi connectivity index (χ0n) is 14.5. The molecule has 2 aromatic rings. The van der Waals surface area contributed by atoms with Crippen molar-refractivity contribution in [3.05, 3.63) is 36.4 Å². The van der Waals surface area contributed by atoms with E-state index in [1.807, 2.05) is 41.3 Å². The normalized spacial score (nSPS) is 14.8. The fraction of sp³-hybridized carbons (Fsp3) is 0.421. The molecular formula is C19H23N3O2S. The van der Waals surface area contributed by atoms with Crippen LogP contribution in [0.3, 0.4) is 0 Å². The van der Waals surface area contributed by atoms with Gasteiger partial charge >= 0.3 is 0 Å². The van der Waals surface area contributed by atoms with Crippen molar-refractivity contribution < 1.29 is 9.53 Å². The van der Waals surface area contributed by atoms with Crippen LogP contribution in [0, 0.1) is 0 Å². The molecule has 132 valence electrons. The van der Waals surface area contributed by atoms with Crippen LogP contribution in [0.5, 0.6) is 5.75 Å². The minimum Gasteiger partial charge on any atom is -0.497 e. The molecule has 1 aromatic heterocycles. The molecular weight excluding hydrogens is 334 g/mol. The maximum absolute atomic E-state index is 12.3. The number of methoxy groups -OCH3 is 1. The van der Waals surface area contributed by atoms with E-state index in [4.69, 9.17) is 4.74 Å². The molecule has 5 nitrogen and oxygen atoms in total. The van der Waals surface area contributed by atoms with E-state index in [0.717, 1.165) is 48.0 Å². The molecule has 1 aromatic carbocycles. The number of rotatable bonds is 5. The third-order valence-electron chi connectivity index (χ3n) is 4.33. The van der Waals surface area contributed by atoms with E-state index >= 15 is 0 Å². The number of nitrogens with zero attached hydrogens (tertiary/aromatic N) is 3. The lowest BCUT2D eigenvalue weighted by Gasteiger charge is -2.19. The Kier molecular flexibility index (Phi) is 6.28. The first kappa shape index (κ1) is 17.7. The van der Waals surface area contributed by atoms with Gasteiger partial charge in [0.2, 0.25) is 5.91 Å². The largest absolute Gasteiger partial charge is 0.497 e. The van der Waals surface area contributed by atoms with Crippen LogP contribution in [0.4, 0.5) is 0 Å². The highest BCUT2D eigenvalue weighted by Gasteiger charge is 2.15. The highest BCUT2D eigenvalue weighted by molar-refractivity contribution is 7.99. The summed E-state index contributed by atoms with van der Waals surface area (Å²) in [5.74, 6) is 1.44. The van der Waals surface area contributed by atoms with E-state index in [1.54, 1.807) is 7.11 Å². The third kappa shape index (κ3) is 4.95. The Balaban J connectivity index is 1.55. The van der Waals surface area contributed by atoms with E-state index in [2.05, 4.69) is 10.2 Å². The lowest BCUT2D eigenvalue weighted by Crippen LogP contribution is -2.33. The fourth-order valence-corrected chi connectivity index (χ4v) is 3.58. The lowest BCUT2D eigenvalue weighted by atomic mass is 10.1. The number of carbonyl (C=O) groups excluding carboxylic acids is 1. The Bertz CT molecular complexity index is 681. The van der Waals surface area contributed by atoms with Gasteiger partial charge < -0.3 is 9.64 Å². The molecule has 0 radical (unpaired) electrons. The van der Waals surface area contributed by atoms with Crippen molar-refractivity contribution in [1.82, 2.24) is 15.1 Å². The van der Waals surface area contributed by atoms with Crippen molar-refractivity contribution >= 4 is 17.7 Å². The quantitative estimate of drug-likeness (QED) is 0.765. The molecule has 0 spiro atoms. The van der Waals surface area contributed by atoms with Crippen molar-refractivity contribution in [3.8, 4) is 17.0 Å². The summed E-state index contributed by atoms with van der Waals surface area (Å²) in [6, 6.07) is 11.6. The Labute approximate surface area is 152 Å². The summed E-state index contributed by atoms with van der Waals surface area (Å²) in [5.41, 5.74) is 1.80. The molecule has 1 aliphatic heterocycles. The smallest absolute Gasteiger partial charge is 0.232 e. The maximum atomic E-state index is 12.3. The first-order valence-electron chi connectivity index (χ1n) is 8.65. The van der Waals surface area contributed by atoms with E-state index in [1.165, 1.54) is 24.6 Å². The summed E-state index contributed by atoms with van der Waals surface area (Å²) in [5, 5.41) is 9.30. The van der Waals surface area contributed by atoms with E-state index < -0.39 is 0 Å². The highest BCUT2D eigenvalue weighted by atomic mass is 32.2. The van der Waals surface area contributed by atoms with Crippen LogP contribution >= 0.6 is 11.8 Å². The van der Waals surface area contributed by atoms with Gasteiger partial charge in [-0.2, -0.15) is 0 Å². The number of aromatic nitrogens is 2. The zero-order valence-corrected chi connectivity index (χ0v) is 15.3. The fourth-order valence-electron chi connectivity index (χ4n) is 2.86. The molecule has 1 aliphatic rings. The number of thioether (sulfide) groups is 1. The minimum atomic E-state index is 0.202. The van der Waals surface area contributed by atoms with Gasteiger partial charge in [0.15, 0.2) is 0 Å². The second kappa shape index (κ2) is 8.85. The first-order valence-corrected chi connectivity index (χ1v) is 9.63. The average Bonchev–Trinajstić information content (AvgIpc) is 2.96. The molecule has 0 atom stereocenters. The van der Waals surface area contributed by atoms with E-state index in [-0.39, 0.29) is 5.91 Å². The average molecular weight is 357 g/mol. The van der Waals surface area contributed by atoms with Gasteiger partial charge in [-0.3, -0.25) is 4.79 Å². The number of hydrogen-bond donors (Lipinski definition) is 0. The van der Waals surface area contributed by atoms with Crippen LogP contribution in [-0.2, 0) is 4.79 Å². The molecule has 3 rings (SSSR count). The summed E-state index contributed by atoms with van der Waals surface area (Å²) in [7, 11) is 1.65. The first-order chi connectivity index (χ1) is 12.3. The van der Waals surface area contributed by atoms with Crippen LogP contribution in [0.15, 0.2) is 41.4 Å². The number of amides is 1. The predicted molar refractivity (Wildman–Crippen MR) is 99.8 cm³/mol. The van der Waals surface area contributed by atoms with Crippen molar-refractivity contribution in [2.75, 3.05) is 26.0 Å². The topological polar surface area (TPSA) is 55.3 Å². The Morgan fingerprint density at radius 3 is 2.36 bits per heavy atom. The lowest BCUT2D eigenvalue weighted by molar-refractivity contribution is -0.128. The van der Waals surface area contributed by atoms with Crippen LogP contribution in [0.1, 0.15) is 25.7 Å². The number of carbonyl (C=O) groups is 1. The molecule has 0 saturated carbocycles. The van der Waals surface area contributed by atoms with Crippen molar-refractivity contribution in [2.45, 2.75) is 30.7 Å². The van der Waals surface area contributed by atoms with Gasteiger partial charge in [-0.05, 0) is 49.2 Å². The summed E-state index contributed by atoms with van der Waals surface area (Å²) in [4.78, 5) is 14.3. The number of hydrogen-bond acceptors (Lipinski definition) is 5. The molecule has 1 saturated heterocycles. The van der Waals surface area contributed by atoms with E-state index in [9.17, 15) is 4.79 Å². The Morgan fingerprint density at radius 2 is 1.76 bits per heavy atom. The van der Waals surface area contributed by atoms with Gasteiger partial charge in [0.25, 0.3) is 0 Å². The number of ether oxygens (including phenoxy) is 1. The summed E-state index contributed by atoms with van der Waals surface area (Å²) < 4.78 is 5.16. The molecule has 1 amide bonds. The van der Waals surface area contributed by atoms with Crippen LogP contribution in [-0.4, -0.2) is 47.0 Å². The van der Waals surface area contributed by atoms with Crippen molar-refractivity contribution in [1.29, 1.82) is 0 Å². The van der Waals surface area contributed by atoms with E-state index in [0.29, 0.717) is 5.75 Å². The molecule has 6 heteroatoms. The molecule has 0 aliphatic carbocycles. The Hall–Kier alpha value is -2.08. The van der Waals surface area contributed by atoms with Gasteiger partial charge in [0.1, 0.15) is 10.8 Å². The van der Waals surface area contributed by atoms with Crippen LogP contribution < -0.4 is 4.74 Å². The minimum absolute atomic E-state index is 0.202. The van der Waals surface area contributed by atoms with Gasteiger partial charge in [0, 0.05) is 18.7 Å². The van der Waals surface area contributed by atoms with Gasteiger partial charge in [0.05, 0.1) is 18.6 Å². The highest BCUT2D eigenvalue weighted by Crippen LogP contribution is 2.22. The van der Waals surface area contributed by atoms with Gasteiger partial charge in [-0.15, -0.1) is 10.2 Å². The number of likely N-dealkylation sites (tertiary alicyclic amines) is 1. The molecule has 2 heterocycles. The van der Waals surface area contributed by atoms with Crippen LogP contribution in [0.25, 0.3) is 11.3 Å².